The van der Waals surface area contributed by atoms with E-state index in [1.54, 1.807) is 0 Å². The summed E-state index contributed by atoms with van der Waals surface area (Å²) < 4.78 is 5.50. The lowest BCUT2D eigenvalue weighted by Gasteiger charge is -2.42. The van der Waals surface area contributed by atoms with E-state index >= 15 is 0 Å². The fourth-order valence-electron chi connectivity index (χ4n) is 3.36. The van der Waals surface area contributed by atoms with Crippen molar-refractivity contribution in [1.29, 1.82) is 0 Å². The second-order valence-corrected chi connectivity index (χ2v) is 6.34. The molecule has 19 heavy (non-hydrogen) atoms. The van der Waals surface area contributed by atoms with Crippen LogP contribution in [-0.2, 0) is 4.74 Å². The molecule has 1 saturated carbocycles. The standard InChI is InChI=1S/C17H33NO/c1-6-8-15(7-2)18(13-14(3)4)16-9-11-17(19-5)12-10-16/h6,14-17H,1,7-13H2,2-5H3/t15-,16-,17-/m0/s1. The molecular formula is C17H33NO. The number of hydrogen-bond acceptors (Lipinski definition) is 2. The summed E-state index contributed by atoms with van der Waals surface area (Å²) >= 11 is 0. The van der Waals surface area contributed by atoms with Crippen molar-refractivity contribution in [2.45, 2.75) is 77.5 Å². The van der Waals surface area contributed by atoms with Crippen molar-refractivity contribution < 1.29 is 4.74 Å². The van der Waals surface area contributed by atoms with Crippen LogP contribution in [0.25, 0.3) is 0 Å². The van der Waals surface area contributed by atoms with Gasteiger partial charge in [-0.2, -0.15) is 0 Å². The molecule has 0 aromatic heterocycles. The van der Waals surface area contributed by atoms with E-state index in [0.717, 1.165) is 18.4 Å². The molecule has 1 fully saturated rings. The van der Waals surface area contributed by atoms with Crippen LogP contribution in [0.1, 0.15) is 59.3 Å². The topological polar surface area (TPSA) is 12.5 Å². The van der Waals surface area contributed by atoms with Crippen LogP contribution in [0, 0.1) is 5.92 Å². The molecule has 1 aliphatic carbocycles. The third-order valence-corrected chi connectivity index (χ3v) is 4.40. The van der Waals surface area contributed by atoms with Crippen molar-refractivity contribution in [3.05, 3.63) is 12.7 Å². The number of nitrogens with zero attached hydrogens (tertiary/aromatic N) is 1. The number of ether oxygens (including phenoxy) is 1. The Bertz CT molecular complexity index is 244. The minimum absolute atomic E-state index is 0.497. The van der Waals surface area contributed by atoms with E-state index in [-0.39, 0.29) is 0 Å². The van der Waals surface area contributed by atoms with Gasteiger partial charge >= 0.3 is 0 Å². The highest BCUT2D eigenvalue weighted by atomic mass is 16.5. The van der Waals surface area contributed by atoms with Gasteiger partial charge in [-0.3, -0.25) is 4.90 Å². The predicted octanol–water partition coefficient (Wildman–Crippen LogP) is 4.26. The van der Waals surface area contributed by atoms with E-state index in [0.29, 0.717) is 12.1 Å². The molecule has 1 rings (SSSR count). The first-order valence-corrected chi connectivity index (χ1v) is 8.01. The van der Waals surface area contributed by atoms with Gasteiger partial charge in [0, 0.05) is 25.7 Å². The smallest absolute Gasteiger partial charge is 0.0572 e. The molecule has 0 saturated heterocycles. The summed E-state index contributed by atoms with van der Waals surface area (Å²) in [6.07, 6.45) is 9.95. The first-order chi connectivity index (χ1) is 9.12. The van der Waals surface area contributed by atoms with Crippen molar-refractivity contribution >= 4 is 0 Å². The molecule has 0 bridgehead atoms. The lowest BCUT2D eigenvalue weighted by Crippen LogP contribution is -2.47. The van der Waals surface area contributed by atoms with Gasteiger partial charge in [-0.05, 0) is 44.4 Å². The van der Waals surface area contributed by atoms with Crippen molar-refractivity contribution in [3.63, 3.8) is 0 Å². The van der Waals surface area contributed by atoms with Crippen LogP contribution in [0.4, 0.5) is 0 Å². The van der Waals surface area contributed by atoms with Crippen LogP contribution in [0.5, 0.6) is 0 Å². The Morgan fingerprint density at radius 2 is 1.89 bits per heavy atom. The Morgan fingerprint density at radius 1 is 1.26 bits per heavy atom. The Morgan fingerprint density at radius 3 is 2.32 bits per heavy atom. The van der Waals surface area contributed by atoms with Gasteiger partial charge in [-0.1, -0.05) is 26.8 Å². The highest BCUT2D eigenvalue weighted by molar-refractivity contribution is 4.87. The van der Waals surface area contributed by atoms with E-state index in [4.69, 9.17) is 4.74 Å². The molecule has 0 aromatic rings. The molecule has 1 atom stereocenters. The summed E-state index contributed by atoms with van der Waals surface area (Å²) in [6, 6.07) is 1.42. The SMILES string of the molecule is C=CC[C@H](CC)N(CC(C)C)[C@H]1CC[C@H](OC)CC1. The highest BCUT2D eigenvalue weighted by Crippen LogP contribution is 2.28. The second-order valence-electron chi connectivity index (χ2n) is 6.34. The first kappa shape index (κ1) is 16.7. The molecule has 0 aromatic carbocycles. The molecule has 0 heterocycles. The van der Waals surface area contributed by atoms with Gasteiger partial charge < -0.3 is 4.74 Å². The number of methoxy groups -OCH3 is 1. The van der Waals surface area contributed by atoms with Crippen LogP contribution in [0.15, 0.2) is 12.7 Å². The Hall–Kier alpha value is -0.340. The number of hydrogen-bond donors (Lipinski definition) is 0. The average Bonchev–Trinajstić information content (AvgIpc) is 2.42. The lowest BCUT2D eigenvalue weighted by atomic mass is 9.89. The summed E-state index contributed by atoms with van der Waals surface area (Å²) in [5, 5.41) is 0. The van der Waals surface area contributed by atoms with E-state index in [1.807, 2.05) is 7.11 Å². The maximum atomic E-state index is 5.50. The Balaban J connectivity index is 2.65. The molecule has 1 aliphatic rings. The van der Waals surface area contributed by atoms with Crippen LogP contribution in [-0.4, -0.2) is 36.7 Å². The maximum absolute atomic E-state index is 5.50. The third-order valence-electron chi connectivity index (χ3n) is 4.40. The van der Waals surface area contributed by atoms with Gasteiger partial charge in [0.25, 0.3) is 0 Å². The van der Waals surface area contributed by atoms with Crippen LogP contribution < -0.4 is 0 Å². The van der Waals surface area contributed by atoms with E-state index in [1.165, 1.54) is 38.6 Å². The molecule has 0 amide bonds. The normalized spacial score (nSPS) is 25.8. The second kappa shape index (κ2) is 8.76. The zero-order valence-corrected chi connectivity index (χ0v) is 13.4. The molecule has 0 radical (unpaired) electrons. The first-order valence-electron chi connectivity index (χ1n) is 8.01. The fraction of sp³-hybridized carbons (Fsp3) is 0.882. The zero-order chi connectivity index (χ0) is 14.3. The summed E-state index contributed by atoms with van der Waals surface area (Å²) in [5.74, 6) is 0.735. The van der Waals surface area contributed by atoms with E-state index in [9.17, 15) is 0 Å². The van der Waals surface area contributed by atoms with E-state index < -0.39 is 0 Å². The Labute approximate surface area is 120 Å². The quantitative estimate of drug-likeness (QED) is 0.609. The van der Waals surface area contributed by atoms with Crippen molar-refractivity contribution in [2.75, 3.05) is 13.7 Å². The summed E-state index contributed by atoms with van der Waals surface area (Å²) in [7, 11) is 1.85. The molecule has 112 valence electrons. The Kier molecular flexibility index (Phi) is 7.70. The van der Waals surface area contributed by atoms with Gasteiger partial charge in [-0.25, -0.2) is 0 Å². The molecule has 0 N–H and O–H groups in total. The van der Waals surface area contributed by atoms with Crippen LogP contribution in [0.3, 0.4) is 0 Å². The summed E-state index contributed by atoms with van der Waals surface area (Å²) in [6.45, 7) is 12.1. The largest absolute Gasteiger partial charge is 0.381 e. The molecule has 2 nitrogen and oxygen atoms in total. The highest BCUT2D eigenvalue weighted by Gasteiger charge is 2.29. The minimum atomic E-state index is 0.497. The van der Waals surface area contributed by atoms with Crippen molar-refractivity contribution in [1.82, 2.24) is 4.90 Å². The van der Waals surface area contributed by atoms with Gasteiger partial charge in [0.05, 0.1) is 6.10 Å². The summed E-state index contributed by atoms with van der Waals surface area (Å²) in [4.78, 5) is 2.76. The van der Waals surface area contributed by atoms with Crippen LogP contribution in [0.2, 0.25) is 0 Å². The monoisotopic (exact) mass is 267 g/mol. The zero-order valence-electron chi connectivity index (χ0n) is 13.4. The average molecular weight is 267 g/mol. The number of rotatable bonds is 8. The van der Waals surface area contributed by atoms with E-state index in [2.05, 4.69) is 38.3 Å². The molecule has 2 heteroatoms. The van der Waals surface area contributed by atoms with Gasteiger partial charge in [0.1, 0.15) is 0 Å². The molecule has 0 unspecified atom stereocenters. The van der Waals surface area contributed by atoms with Crippen molar-refractivity contribution in [3.8, 4) is 0 Å². The van der Waals surface area contributed by atoms with Gasteiger partial charge in [0.15, 0.2) is 0 Å². The van der Waals surface area contributed by atoms with Crippen molar-refractivity contribution in [2.24, 2.45) is 5.92 Å². The molecule has 0 spiro atoms. The molecule has 0 aliphatic heterocycles. The third kappa shape index (κ3) is 5.27. The maximum Gasteiger partial charge on any atom is 0.0572 e. The fourth-order valence-corrected chi connectivity index (χ4v) is 3.36. The predicted molar refractivity (Wildman–Crippen MR) is 83.5 cm³/mol. The lowest BCUT2D eigenvalue weighted by molar-refractivity contribution is 0.0211. The van der Waals surface area contributed by atoms with Gasteiger partial charge in [-0.15, -0.1) is 6.58 Å². The van der Waals surface area contributed by atoms with Gasteiger partial charge in [0.2, 0.25) is 0 Å². The molecular weight excluding hydrogens is 234 g/mol. The van der Waals surface area contributed by atoms with Crippen LogP contribution >= 0.6 is 0 Å². The summed E-state index contributed by atoms with van der Waals surface area (Å²) in [5.41, 5.74) is 0. The minimum Gasteiger partial charge on any atom is -0.381 e.